The van der Waals surface area contributed by atoms with Crippen molar-refractivity contribution in [2.75, 3.05) is 11.2 Å². The fraction of sp³-hybridized carbons (Fsp3) is 0.111. The number of anilines is 1. The molecule has 124 valence electrons. The number of hydrogen-bond acceptors (Lipinski definition) is 4. The first kappa shape index (κ1) is 17.7. The van der Waals surface area contributed by atoms with Crippen molar-refractivity contribution >= 4 is 29.7 Å². The second-order valence-corrected chi connectivity index (χ2v) is 5.78. The van der Waals surface area contributed by atoms with E-state index in [4.69, 9.17) is 5.41 Å². The number of nitrogens with zero attached hydrogens (tertiary/aromatic N) is 1. The Morgan fingerprint density at radius 3 is 2.67 bits per heavy atom. The van der Waals surface area contributed by atoms with Crippen LogP contribution in [-0.2, 0) is 4.79 Å². The third-order valence-electron chi connectivity index (χ3n) is 3.31. The molecular weight excluding hydrogens is 327 g/mol. The molecule has 1 aromatic rings. The summed E-state index contributed by atoms with van der Waals surface area (Å²) in [4.78, 5) is 14.3. The smallest absolute Gasteiger partial charge is 0.269 e. The van der Waals surface area contributed by atoms with Gasteiger partial charge in [-0.1, -0.05) is 12.2 Å². The highest BCUT2D eigenvalue weighted by atomic mass is 32.2. The number of aliphatic hydroxyl groups is 1. The van der Waals surface area contributed by atoms with E-state index in [0.717, 1.165) is 16.8 Å². The molecule has 1 aliphatic carbocycles. The minimum atomic E-state index is -0.404. The Balaban J connectivity index is 2.29. The fourth-order valence-electron chi connectivity index (χ4n) is 2.09. The maximum Gasteiger partial charge on any atom is 0.269 e. The molecule has 0 fully saturated rings. The molecule has 0 atom stereocenters. The molecule has 2 N–H and O–H groups in total. The van der Waals surface area contributed by atoms with Gasteiger partial charge >= 0.3 is 0 Å². The fourth-order valence-corrected chi connectivity index (χ4v) is 2.63. The Hall–Kier alpha value is -2.60. The van der Waals surface area contributed by atoms with Crippen LogP contribution in [0.5, 0.6) is 0 Å². The third-order valence-corrected chi connectivity index (χ3v) is 4.04. The molecule has 0 spiro atoms. The number of allylic oxidation sites excluding steroid dienone is 6. The maximum atomic E-state index is 13.0. The van der Waals surface area contributed by atoms with Crippen LogP contribution in [0.1, 0.15) is 6.42 Å². The zero-order chi connectivity index (χ0) is 17.5. The van der Waals surface area contributed by atoms with E-state index in [1.54, 1.807) is 36.6 Å². The highest BCUT2D eigenvalue weighted by Crippen LogP contribution is 2.23. The van der Waals surface area contributed by atoms with Gasteiger partial charge in [0, 0.05) is 0 Å². The second kappa shape index (κ2) is 8.31. The molecule has 0 bridgehead atoms. The van der Waals surface area contributed by atoms with Gasteiger partial charge in [0.2, 0.25) is 0 Å². The molecule has 4 nitrogen and oxygen atoms in total. The van der Waals surface area contributed by atoms with Crippen LogP contribution in [0.25, 0.3) is 0 Å². The van der Waals surface area contributed by atoms with Crippen molar-refractivity contribution in [3.05, 3.63) is 76.7 Å². The number of carbonyl (C=O) groups excluding carboxylic acids is 1. The molecule has 1 amide bonds. The molecule has 0 unspecified atom stereocenters. The number of thioether (sulfide) groups is 1. The average Bonchev–Trinajstić information content (AvgIpc) is 2.79. The van der Waals surface area contributed by atoms with Crippen LogP contribution in [0.2, 0.25) is 0 Å². The number of nitrogens with one attached hydrogen (secondary N) is 1. The van der Waals surface area contributed by atoms with E-state index in [9.17, 15) is 14.3 Å². The Labute approximate surface area is 144 Å². The zero-order valence-corrected chi connectivity index (χ0v) is 13.9. The molecule has 0 aromatic heterocycles. The first-order chi connectivity index (χ1) is 11.5. The number of carbonyl (C=O) groups is 1. The number of benzene rings is 1. The van der Waals surface area contributed by atoms with Crippen molar-refractivity contribution in [2.45, 2.75) is 6.42 Å². The normalized spacial score (nSPS) is 14.5. The summed E-state index contributed by atoms with van der Waals surface area (Å²) in [6, 6.07) is 5.39. The number of aliphatic hydroxyl groups excluding tert-OH is 1. The molecule has 6 heteroatoms. The van der Waals surface area contributed by atoms with Crippen molar-refractivity contribution < 1.29 is 14.3 Å². The van der Waals surface area contributed by atoms with Gasteiger partial charge in [0.1, 0.15) is 11.6 Å². The summed E-state index contributed by atoms with van der Waals surface area (Å²) in [6.07, 6.45) is 11.7. The second-order valence-electron chi connectivity index (χ2n) is 4.93. The van der Waals surface area contributed by atoms with Crippen LogP contribution in [0, 0.1) is 11.2 Å². The molecule has 0 radical (unpaired) electrons. The lowest BCUT2D eigenvalue weighted by Crippen LogP contribution is -2.29. The molecule has 0 saturated heterocycles. The van der Waals surface area contributed by atoms with Gasteiger partial charge < -0.3 is 5.11 Å². The van der Waals surface area contributed by atoms with Gasteiger partial charge in [-0.15, -0.1) is 11.8 Å². The summed E-state index contributed by atoms with van der Waals surface area (Å²) < 4.78 is 13.0. The lowest BCUT2D eigenvalue weighted by Gasteiger charge is -2.18. The summed E-state index contributed by atoms with van der Waals surface area (Å²) in [6.45, 7) is 0. The van der Waals surface area contributed by atoms with Crippen molar-refractivity contribution in [2.24, 2.45) is 0 Å². The van der Waals surface area contributed by atoms with Crippen molar-refractivity contribution in [1.29, 1.82) is 5.41 Å². The van der Waals surface area contributed by atoms with Crippen molar-refractivity contribution in [1.82, 2.24) is 0 Å². The Kier molecular flexibility index (Phi) is 6.14. The quantitative estimate of drug-likeness (QED) is 0.474. The number of hydrogen-bond donors (Lipinski definition) is 2. The molecule has 0 aliphatic heterocycles. The number of rotatable bonds is 5. The van der Waals surface area contributed by atoms with E-state index < -0.39 is 5.82 Å². The van der Waals surface area contributed by atoms with Crippen LogP contribution in [0.4, 0.5) is 10.1 Å². The number of halogens is 1. The lowest BCUT2D eigenvalue weighted by molar-refractivity contribution is -0.113. The summed E-state index contributed by atoms with van der Waals surface area (Å²) in [5, 5.41) is 17.0. The molecule has 1 aliphatic rings. The predicted molar refractivity (Wildman–Crippen MR) is 96.8 cm³/mol. The minimum absolute atomic E-state index is 0.155. The van der Waals surface area contributed by atoms with E-state index in [0.29, 0.717) is 17.0 Å². The third kappa shape index (κ3) is 4.45. The van der Waals surface area contributed by atoms with E-state index in [1.807, 2.05) is 0 Å². The van der Waals surface area contributed by atoms with Gasteiger partial charge in [0.15, 0.2) is 0 Å². The number of amides is 1. The van der Waals surface area contributed by atoms with Crippen molar-refractivity contribution in [3.63, 3.8) is 0 Å². The van der Waals surface area contributed by atoms with Crippen LogP contribution in [0.3, 0.4) is 0 Å². The summed E-state index contributed by atoms with van der Waals surface area (Å²) in [5.41, 5.74) is 1.28. The van der Waals surface area contributed by atoms with Crippen LogP contribution in [-0.4, -0.2) is 23.6 Å². The molecule has 0 heterocycles. The van der Waals surface area contributed by atoms with E-state index in [2.05, 4.69) is 0 Å². The average molecular weight is 344 g/mol. The highest BCUT2D eigenvalue weighted by molar-refractivity contribution is 8.03. The highest BCUT2D eigenvalue weighted by Gasteiger charge is 2.18. The Bertz CT molecular complexity index is 749. The standard InChI is InChI=1S/C18H17FN2O2S/c1-24-17(11-13-3-2-4-16(22)10-5-13)18(23)21(12-20)15-8-6-14(19)7-9-15/h2,4-12,20,22H,3H2,1H3/b17-11-,20-12?. The first-order valence-electron chi connectivity index (χ1n) is 7.17. The van der Waals surface area contributed by atoms with E-state index in [-0.39, 0.29) is 11.7 Å². The summed E-state index contributed by atoms with van der Waals surface area (Å²) >= 11 is 1.27. The minimum Gasteiger partial charge on any atom is -0.508 e. The van der Waals surface area contributed by atoms with Crippen LogP contribution in [0.15, 0.2) is 70.9 Å². The SMILES string of the molecule is CS/C(=C\C1=CC=C(O)C=CC1)C(=O)N(C=N)c1ccc(F)cc1. The van der Waals surface area contributed by atoms with Gasteiger partial charge in [-0.3, -0.25) is 15.1 Å². The van der Waals surface area contributed by atoms with Gasteiger partial charge in [-0.25, -0.2) is 4.39 Å². The first-order valence-corrected chi connectivity index (χ1v) is 8.39. The van der Waals surface area contributed by atoms with Gasteiger partial charge in [-0.2, -0.15) is 0 Å². The predicted octanol–water partition coefficient (Wildman–Crippen LogP) is 4.34. The molecular formula is C18H17FN2O2S. The van der Waals surface area contributed by atoms with Gasteiger partial charge in [0.25, 0.3) is 5.91 Å². The van der Waals surface area contributed by atoms with Crippen LogP contribution >= 0.6 is 11.8 Å². The monoisotopic (exact) mass is 344 g/mol. The summed E-state index contributed by atoms with van der Waals surface area (Å²) in [5.74, 6) is -0.618. The van der Waals surface area contributed by atoms with Gasteiger partial charge in [-0.05, 0) is 60.7 Å². The van der Waals surface area contributed by atoms with Crippen molar-refractivity contribution in [3.8, 4) is 0 Å². The van der Waals surface area contributed by atoms with Crippen LogP contribution < -0.4 is 4.90 Å². The molecule has 24 heavy (non-hydrogen) atoms. The van der Waals surface area contributed by atoms with E-state index in [1.165, 1.54) is 36.0 Å². The van der Waals surface area contributed by atoms with Gasteiger partial charge in [0.05, 0.1) is 16.9 Å². The summed E-state index contributed by atoms with van der Waals surface area (Å²) in [7, 11) is 0. The lowest BCUT2D eigenvalue weighted by atomic mass is 10.1. The molecule has 1 aromatic carbocycles. The zero-order valence-electron chi connectivity index (χ0n) is 13.1. The largest absolute Gasteiger partial charge is 0.508 e. The Morgan fingerprint density at radius 1 is 1.33 bits per heavy atom. The maximum absolute atomic E-state index is 13.0. The Morgan fingerprint density at radius 2 is 2.04 bits per heavy atom. The molecule has 0 saturated carbocycles. The topological polar surface area (TPSA) is 64.4 Å². The van der Waals surface area contributed by atoms with E-state index >= 15 is 0 Å². The molecule has 2 rings (SSSR count).